The molecular formula is C21H31N3O4. The van der Waals surface area contributed by atoms with Gasteiger partial charge in [-0.1, -0.05) is 20.8 Å². The molecule has 1 aromatic rings. The molecule has 2 unspecified atom stereocenters. The van der Waals surface area contributed by atoms with Crippen molar-refractivity contribution in [1.82, 2.24) is 9.80 Å². The lowest BCUT2D eigenvalue weighted by molar-refractivity contribution is -0.149. The molecule has 2 rings (SSSR count). The number of likely N-dealkylation sites (N-methyl/N-ethyl adjacent to an activating group) is 2. The van der Waals surface area contributed by atoms with Gasteiger partial charge in [-0.25, -0.2) is 0 Å². The van der Waals surface area contributed by atoms with E-state index in [2.05, 4.69) is 17.3 Å². The Balaban J connectivity index is 2.05. The van der Waals surface area contributed by atoms with Gasteiger partial charge in [0.05, 0.1) is 0 Å². The van der Waals surface area contributed by atoms with Gasteiger partial charge in [0, 0.05) is 30.9 Å². The van der Waals surface area contributed by atoms with E-state index in [4.69, 9.17) is 0 Å². The van der Waals surface area contributed by atoms with Gasteiger partial charge in [-0.2, -0.15) is 0 Å². The van der Waals surface area contributed by atoms with Gasteiger partial charge in [0.15, 0.2) is 0 Å². The van der Waals surface area contributed by atoms with E-state index < -0.39 is 23.2 Å². The van der Waals surface area contributed by atoms with Gasteiger partial charge >= 0.3 is 5.97 Å². The molecule has 1 aliphatic heterocycles. The third-order valence-electron chi connectivity index (χ3n) is 5.24. The Morgan fingerprint density at radius 2 is 1.82 bits per heavy atom. The summed E-state index contributed by atoms with van der Waals surface area (Å²) in [7, 11) is 3.88. The van der Waals surface area contributed by atoms with Gasteiger partial charge in [0.1, 0.15) is 5.92 Å². The zero-order chi connectivity index (χ0) is 21.1. The normalized spacial score (nSPS) is 19.0. The van der Waals surface area contributed by atoms with Crippen molar-refractivity contribution in [1.29, 1.82) is 0 Å². The van der Waals surface area contributed by atoms with Crippen LogP contribution in [0, 0.1) is 11.3 Å². The van der Waals surface area contributed by atoms with Crippen LogP contribution >= 0.6 is 0 Å². The summed E-state index contributed by atoms with van der Waals surface area (Å²) in [6.45, 7) is 7.06. The van der Waals surface area contributed by atoms with Crippen LogP contribution in [0.3, 0.4) is 0 Å². The average Bonchev–Trinajstić information content (AvgIpc) is 2.59. The zero-order valence-electron chi connectivity index (χ0n) is 17.4. The molecule has 2 amide bonds. The second-order valence-electron chi connectivity index (χ2n) is 8.68. The van der Waals surface area contributed by atoms with E-state index in [1.807, 2.05) is 7.05 Å². The highest BCUT2D eigenvalue weighted by Gasteiger charge is 2.37. The highest BCUT2D eigenvalue weighted by Crippen LogP contribution is 2.27. The van der Waals surface area contributed by atoms with Crippen molar-refractivity contribution in [2.75, 3.05) is 32.5 Å². The molecule has 1 fully saturated rings. The summed E-state index contributed by atoms with van der Waals surface area (Å²) in [5.74, 6) is -2.95. The number of hydrogen-bond acceptors (Lipinski definition) is 4. The Hall–Kier alpha value is -2.41. The first-order chi connectivity index (χ1) is 13.0. The van der Waals surface area contributed by atoms with E-state index in [0.717, 1.165) is 25.9 Å². The highest BCUT2D eigenvalue weighted by atomic mass is 16.4. The summed E-state index contributed by atoms with van der Waals surface area (Å²) < 4.78 is 0. The molecule has 2 atom stereocenters. The van der Waals surface area contributed by atoms with Crippen LogP contribution in [-0.2, 0) is 9.59 Å². The number of carbonyl (C=O) groups is 3. The summed E-state index contributed by atoms with van der Waals surface area (Å²) in [6, 6.07) is 6.77. The minimum Gasteiger partial charge on any atom is -0.481 e. The maximum absolute atomic E-state index is 12.8. The van der Waals surface area contributed by atoms with Gasteiger partial charge in [-0.05, 0) is 56.1 Å². The van der Waals surface area contributed by atoms with E-state index in [9.17, 15) is 19.5 Å². The fourth-order valence-electron chi connectivity index (χ4n) is 3.61. The fraction of sp³-hybridized carbons (Fsp3) is 0.571. The van der Waals surface area contributed by atoms with Crippen LogP contribution in [0.2, 0.25) is 0 Å². The largest absolute Gasteiger partial charge is 0.481 e. The number of aliphatic carboxylic acids is 1. The van der Waals surface area contributed by atoms with E-state index >= 15 is 0 Å². The summed E-state index contributed by atoms with van der Waals surface area (Å²) in [6.07, 6.45) is 2.06. The van der Waals surface area contributed by atoms with Crippen LogP contribution in [0.1, 0.15) is 44.0 Å². The minimum absolute atomic E-state index is 0.0590. The Morgan fingerprint density at radius 1 is 1.21 bits per heavy atom. The molecule has 7 heteroatoms. The molecule has 154 valence electrons. The van der Waals surface area contributed by atoms with Crippen molar-refractivity contribution >= 4 is 23.5 Å². The van der Waals surface area contributed by atoms with Gasteiger partial charge < -0.3 is 20.2 Å². The Morgan fingerprint density at radius 3 is 2.32 bits per heavy atom. The Labute approximate surface area is 166 Å². The number of rotatable bonds is 5. The molecule has 0 radical (unpaired) electrons. The summed E-state index contributed by atoms with van der Waals surface area (Å²) in [5.41, 5.74) is 0.304. The van der Waals surface area contributed by atoms with Gasteiger partial charge in [-0.15, -0.1) is 0 Å². The summed E-state index contributed by atoms with van der Waals surface area (Å²) in [4.78, 5) is 40.6. The average molecular weight is 389 g/mol. The lowest BCUT2D eigenvalue weighted by atomic mass is 9.80. The molecule has 0 aromatic heterocycles. The molecule has 2 N–H and O–H groups in total. The Kier molecular flexibility index (Phi) is 6.82. The first kappa shape index (κ1) is 21.9. The number of amides is 2. The fourth-order valence-corrected chi connectivity index (χ4v) is 3.61. The first-order valence-corrected chi connectivity index (χ1v) is 9.60. The number of nitrogens with zero attached hydrogens (tertiary/aromatic N) is 2. The number of carboxylic acids is 1. The quantitative estimate of drug-likeness (QED) is 0.756. The van der Waals surface area contributed by atoms with Crippen LogP contribution < -0.4 is 5.32 Å². The molecule has 0 saturated carbocycles. The van der Waals surface area contributed by atoms with Crippen molar-refractivity contribution in [3.8, 4) is 0 Å². The standard InChI is InChI=1S/C21H31N3O4/c1-21(2,3)17(20(27)28)18(25)22-15-10-8-14(9-11-15)19(26)24(5)16-7-6-12-23(4)13-16/h8-11,16-17H,6-7,12-13H2,1-5H3,(H,22,25)(H,27,28). The van der Waals surface area contributed by atoms with Crippen LogP contribution in [0.4, 0.5) is 5.69 Å². The SMILES string of the molecule is CN1CCCC(N(C)C(=O)c2ccc(NC(=O)C(C(=O)O)C(C)(C)C)cc2)C1. The number of nitrogens with one attached hydrogen (secondary N) is 1. The smallest absolute Gasteiger partial charge is 0.316 e. The molecule has 1 aromatic carbocycles. The van der Waals surface area contributed by atoms with E-state index in [1.165, 1.54) is 0 Å². The summed E-state index contributed by atoms with van der Waals surface area (Å²) >= 11 is 0. The van der Waals surface area contributed by atoms with E-state index in [-0.39, 0.29) is 11.9 Å². The van der Waals surface area contributed by atoms with Gasteiger partial charge in [0.25, 0.3) is 5.91 Å². The van der Waals surface area contributed by atoms with Crippen LogP contribution in [0.5, 0.6) is 0 Å². The van der Waals surface area contributed by atoms with Crippen molar-refractivity contribution in [2.45, 2.75) is 39.7 Å². The van der Waals surface area contributed by atoms with Gasteiger partial charge in [0.2, 0.25) is 5.91 Å². The predicted molar refractivity (Wildman–Crippen MR) is 108 cm³/mol. The number of piperidine rings is 1. The predicted octanol–water partition coefficient (Wildman–Crippen LogP) is 2.54. The number of hydrogen-bond donors (Lipinski definition) is 2. The third-order valence-corrected chi connectivity index (χ3v) is 5.24. The third kappa shape index (κ3) is 5.32. The topological polar surface area (TPSA) is 90.0 Å². The molecule has 28 heavy (non-hydrogen) atoms. The number of anilines is 1. The highest BCUT2D eigenvalue weighted by molar-refractivity contribution is 6.05. The molecule has 0 spiro atoms. The molecule has 7 nitrogen and oxygen atoms in total. The number of likely N-dealkylation sites (tertiary alicyclic amines) is 1. The second-order valence-corrected chi connectivity index (χ2v) is 8.68. The molecular weight excluding hydrogens is 358 g/mol. The van der Waals surface area contributed by atoms with Crippen molar-refractivity contribution in [3.63, 3.8) is 0 Å². The molecule has 0 bridgehead atoms. The molecule has 0 aliphatic carbocycles. The second kappa shape index (κ2) is 8.73. The molecule has 1 saturated heterocycles. The van der Waals surface area contributed by atoms with Crippen molar-refractivity contribution < 1.29 is 19.5 Å². The number of carbonyl (C=O) groups excluding carboxylic acids is 2. The van der Waals surface area contributed by atoms with Crippen molar-refractivity contribution in [3.05, 3.63) is 29.8 Å². The van der Waals surface area contributed by atoms with Gasteiger partial charge in [-0.3, -0.25) is 14.4 Å². The number of benzene rings is 1. The summed E-state index contributed by atoms with van der Waals surface area (Å²) in [5, 5.41) is 12.0. The molecule has 1 aliphatic rings. The van der Waals surface area contributed by atoms with E-state index in [0.29, 0.717) is 11.3 Å². The van der Waals surface area contributed by atoms with E-state index in [1.54, 1.807) is 49.9 Å². The Bertz CT molecular complexity index is 724. The zero-order valence-corrected chi connectivity index (χ0v) is 17.4. The lowest BCUT2D eigenvalue weighted by Gasteiger charge is -2.35. The van der Waals surface area contributed by atoms with Crippen LogP contribution in [0.25, 0.3) is 0 Å². The monoisotopic (exact) mass is 389 g/mol. The number of carboxylic acid groups (broad SMARTS) is 1. The minimum atomic E-state index is -1.16. The molecule has 1 heterocycles. The van der Waals surface area contributed by atoms with Crippen LogP contribution in [-0.4, -0.2) is 65.9 Å². The van der Waals surface area contributed by atoms with Crippen molar-refractivity contribution in [2.24, 2.45) is 11.3 Å². The van der Waals surface area contributed by atoms with Crippen LogP contribution in [0.15, 0.2) is 24.3 Å². The first-order valence-electron chi connectivity index (χ1n) is 9.60. The lowest BCUT2D eigenvalue weighted by Crippen LogP contribution is -2.47. The maximum Gasteiger partial charge on any atom is 0.316 e. The maximum atomic E-state index is 12.8.